The van der Waals surface area contributed by atoms with Gasteiger partial charge in [0.25, 0.3) is 0 Å². The molecule has 0 aliphatic rings. The van der Waals surface area contributed by atoms with Gasteiger partial charge in [0, 0.05) is 0 Å². The number of carbonyl (C=O) groups excluding carboxylic acids is 1. The fourth-order valence-corrected chi connectivity index (χ4v) is 1.48. The van der Waals surface area contributed by atoms with Gasteiger partial charge in [-0.05, 0) is 31.5 Å². The molecule has 1 aromatic carbocycles. The van der Waals surface area contributed by atoms with Crippen LogP contribution in [0.5, 0.6) is 5.75 Å². The Balaban J connectivity index is 3.10. The molecule has 17 heavy (non-hydrogen) atoms. The second-order valence-corrected chi connectivity index (χ2v) is 4.05. The zero-order valence-corrected chi connectivity index (χ0v) is 9.54. The molecule has 0 radical (unpaired) electrons. The molecule has 1 rings (SSSR count). The van der Waals surface area contributed by atoms with Crippen molar-refractivity contribution in [2.45, 2.75) is 19.4 Å². The predicted octanol–water partition coefficient (Wildman–Crippen LogP) is 0.889. The van der Waals surface area contributed by atoms with E-state index in [0.717, 1.165) is 0 Å². The van der Waals surface area contributed by atoms with Gasteiger partial charge >= 0.3 is 5.97 Å². The molecule has 0 spiro atoms. The summed E-state index contributed by atoms with van der Waals surface area (Å²) in [5, 5.41) is 28.1. The Morgan fingerprint density at radius 2 is 1.94 bits per heavy atom. The number of carbonyl (C=O) groups is 2. The Hall–Kier alpha value is -1.88. The van der Waals surface area contributed by atoms with E-state index in [1.165, 1.54) is 38.1 Å². The van der Waals surface area contributed by atoms with Crippen LogP contribution in [0.1, 0.15) is 19.4 Å². The molecule has 0 heterocycles. The highest BCUT2D eigenvalue weighted by Gasteiger charge is 2.38. The summed E-state index contributed by atoms with van der Waals surface area (Å²) < 4.78 is 0. The smallest absolute Gasteiger partial charge is 0.313 e. The summed E-state index contributed by atoms with van der Waals surface area (Å²) in [6.45, 7) is 2.42. The van der Waals surface area contributed by atoms with Gasteiger partial charge in [0.05, 0.1) is 0 Å². The summed E-state index contributed by atoms with van der Waals surface area (Å²) in [6, 6.07) is 5.54. The third-order valence-corrected chi connectivity index (χ3v) is 2.65. The number of phenols is 1. The lowest BCUT2D eigenvalue weighted by atomic mass is 9.85. The van der Waals surface area contributed by atoms with Crippen LogP contribution in [-0.2, 0) is 15.2 Å². The summed E-state index contributed by atoms with van der Waals surface area (Å²) >= 11 is 0. The number of ketones is 1. The molecule has 0 aliphatic carbocycles. The maximum Gasteiger partial charge on any atom is 0.313 e. The molecule has 0 saturated carbocycles. The van der Waals surface area contributed by atoms with Crippen molar-refractivity contribution in [3.63, 3.8) is 0 Å². The molecule has 3 N–H and O–H groups in total. The second kappa shape index (κ2) is 4.55. The fraction of sp³-hybridized carbons (Fsp3) is 0.333. The first-order valence-corrected chi connectivity index (χ1v) is 5.06. The van der Waals surface area contributed by atoms with Crippen molar-refractivity contribution in [1.29, 1.82) is 0 Å². The molecule has 2 unspecified atom stereocenters. The monoisotopic (exact) mass is 238 g/mol. The molecular weight excluding hydrogens is 224 g/mol. The Morgan fingerprint density at radius 1 is 1.35 bits per heavy atom. The zero-order chi connectivity index (χ0) is 13.2. The van der Waals surface area contributed by atoms with Crippen molar-refractivity contribution < 1.29 is 24.9 Å². The largest absolute Gasteiger partial charge is 0.508 e. The molecule has 5 heteroatoms. The SMILES string of the molecule is CC(C(=O)O)C(=O)C(C)(O)c1cccc(O)c1. The Kier molecular flexibility index (Phi) is 3.53. The number of carboxylic acids is 1. The molecule has 5 nitrogen and oxygen atoms in total. The lowest BCUT2D eigenvalue weighted by Crippen LogP contribution is -2.39. The van der Waals surface area contributed by atoms with E-state index in [1.54, 1.807) is 0 Å². The molecule has 0 bridgehead atoms. The van der Waals surface area contributed by atoms with E-state index in [-0.39, 0.29) is 11.3 Å². The van der Waals surface area contributed by atoms with Gasteiger partial charge in [-0.1, -0.05) is 12.1 Å². The quantitative estimate of drug-likeness (QED) is 0.677. The Bertz CT molecular complexity index is 450. The minimum atomic E-state index is -1.93. The standard InChI is InChI=1S/C12H14O5/c1-7(11(15)16)10(14)12(2,17)8-4-3-5-9(13)6-8/h3-7,13,17H,1-2H3,(H,15,16). The van der Waals surface area contributed by atoms with Crippen LogP contribution in [0, 0.1) is 5.92 Å². The summed E-state index contributed by atoms with van der Waals surface area (Å²) in [5.74, 6) is -3.53. The normalized spacial score (nSPS) is 15.9. The van der Waals surface area contributed by atoms with E-state index in [2.05, 4.69) is 0 Å². The average Bonchev–Trinajstić information content (AvgIpc) is 2.26. The predicted molar refractivity (Wildman–Crippen MR) is 59.5 cm³/mol. The maximum atomic E-state index is 11.8. The van der Waals surface area contributed by atoms with Crippen molar-refractivity contribution in [3.05, 3.63) is 29.8 Å². The lowest BCUT2D eigenvalue weighted by molar-refractivity contribution is -0.153. The Labute approximate surface area is 98.3 Å². The highest BCUT2D eigenvalue weighted by molar-refractivity contribution is 6.02. The number of aliphatic hydroxyl groups is 1. The van der Waals surface area contributed by atoms with Crippen LogP contribution in [0.2, 0.25) is 0 Å². The molecule has 0 aliphatic heterocycles. The average molecular weight is 238 g/mol. The molecule has 2 atom stereocenters. The molecule has 1 aromatic rings. The number of carboxylic acid groups (broad SMARTS) is 1. The fourth-order valence-electron chi connectivity index (χ4n) is 1.48. The van der Waals surface area contributed by atoms with Gasteiger partial charge in [0.2, 0.25) is 0 Å². The van der Waals surface area contributed by atoms with Gasteiger partial charge in [0.1, 0.15) is 17.3 Å². The molecule has 0 fully saturated rings. The van der Waals surface area contributed by atoms with Gasteiger partial charge in [-0.15, -0.1) is 0 Å². The van der Waals surface area contributed by atoms with E-state index < -0.39 is 23.3 Å². The van der Waals surface area contributed by atoms with Crippen LogP contribution in [0.3, 0.4) is 0 Å². The molecular formula is C12H14O5. The summed E-state index contributed by atoms with van der Waals surface area (Å²) in [5.41, 5.74) is -1.77. The zero-order valence-electron chi connectivity index (χ0n) is 9.54. The number of Topliss-reactive ketones (excluding diaryl/α,β-unsaturated/α-hetero) is 1. The molecule has 92 valence electrons. The first-order chi connectivity index (χ1) is 7.76. The van der Waals surface area contributed by atoms with E-state index in [0.29, 0.717) is 0 Å². The number of aromatic hydroxyl groups is 1. The van der Waals surface area contributed by atoms with Gasteiger partial charge in [-0.2, -0.15) is 0 Å². The maximum absolute atomic E-state index is 11.8. The van der Waals surface area contributed by atoms with E-state index in [4.69, 9.17) is 5.11 Å². The van der Waals surface area contributed by atoms with E-state index in [9.17, 15) is 19.8 Å². The Morgan fingerprint density at radius 3 is 2.41 bits per heavy atom. The van der Waals surface area contributed by atoms with Crippen LogP contribution in [0.15, 0.2) is 24.3 Å². The van der Waals surface area contributed by atoms with Crippen molar-refractivity contribution in [2.75, 3.05) is 0 Å². The first-order valence-electron chi connectivity index (χ1n) is 5.06. The number of hydrogen-bond donors (Lipinski definition) is 3. The van der Waals surface area contributed by atoms with Crippen LogP contribution >= 0.6 is 0 Å². The third-order valence-electron chi connectivity index (χ3n) is 2.65. The van der Waals surface area contributed by atoms with Gasteiger partial charge in [-0.25, -0.2) is 0 Å². The van der Waals surface area contributed by atoms with E-state index >= 15 is 0 Å². The minimum Gasteiger partial charge on any atom is -0.508 e. The van der Waals surface area contributed by atoms with Gasteiger partial charge in [0.15, 0.2) is 5.78 Å². The molecule has 0 amide bonds. The number of hydrogen-bond acceptors (Lipinski definition) is 4. The van der Waals surface area contributed by atoms with E-state index in [1.807, 2.05) is 0 Å². The van der Waals surface area contributed by atoms with Gasteiger partial charge < -0.3 is 15.3 Å². The summed E-state index contributed by atoms with van der Waals surface area (Å²) in [4.78, 5) is 22.5. The highest BCUT2D eigenvalue weighted by Crippen LogP contribution is 2.27. The molecule has 0 saturated heterocycles. The van der Waals surface area contributed by atoms with Crippen LogP contribution in [0.25, 0.3) is 0 Å². The van der Waals surface area contributed by atoms with Crippen LogP contribution in [0.4, 0.5) is 0 Å². The molecule has 0 aromatic heterocycles. The highest BCUT2D eigenvalue weighted by atomic mass is 16.4. The number of rotatable bonds is 4. The number of phenolic OH excluding ortho intramolecular Hbond substituents is 1. The first kappa shape index (κ1) is 13.2. The van der Waals surface area contributed by atoms with Crippen LogP contribution in [-0.4, -0.2) is 27.1 Å². The third kappa shape index (κ3) is 2.62. The van der Waals surface area contributed by atoms with Crippen molar-refractivity contribution in [3.8, 4) is 5.75 Å². The minimum absolute atomic E-state index is 0.0986. The van der Waals surface area contributed by atoms with Crippen LogP contribution < -0.4 is 0 Å². The van der Waals surface area contributed by atoms with Crippen molar-refractivity contribution >= 4 is 11.8 Å². The van der Waals surface area contributed by atoms with Crippen molar-refractivity contribution in [1.82, 2.24) is 0 Å². The number of aliphatic carboxylic acids is 1. The lowest BCUT2D eigenvalue weighted by Gasteiger charge is -2.24. The number of benzene rings is 1. The van der Waals surface area contributed by atoms with Gasteiger partial charge in [-0.3, -0.25) is 9.59 Å². The topological polar surface area (TPSA) is 94.8 Å². The van der Waals surface area contributed by atoms with Crippen molar-refractivity contribution in [2.24, 2.45) is 5.92 Å². The summed E-state index contributed by atoms with van der Waals surface area (Å²) in [7, 11) is 0. The summed E-state index contributed by atoms with van der Waals surface area (Å²) in [6.07, 6.45) is 0. The second-order valence-electron chi connectivity index (χ2n) is 4.05.